The molecular weight excluding hydrogens is 358 g/mol. The standard InChI is InChI=1S/C6H7NO2.2C4H6O2.C4H10O2/c1-3-5(8)7-6(9)4-2;2*1-3(2)4(5)6;5-3-1-2-4-6/h3-4H,1-2H2,(H,7,8,9);2*1H2,2H3,(H,5,6);5-6H,1-4H2. The van der Waals surface area contributed by atoms with Gasteiger partial charge in [0, 0.05) is 24.4 Å². The molecule has 0 heterocycles. The van der Waals surface area contributed by atoms with Crippen molar-refractivity contribution in [3.05, 3.63) is 49.6 Å². The summed E-state index contributed by atoms with van der Waals surface area (Å²) in [7, 11) is 0. The Balaban J connectivity index is -0.000000133. The molecule has 0 aromatic heterocycles. The summed E-state index contributed by atoms with van der Waals surface area (Å²) in [6.45, 7) is 15.9. The van der Waals surface area contributed by atoms with Gasteiger partial charge in [-0.2, -0.15) is 0 Å². The normalized spacial score (nSPS) is 7.85. The molecule has 0 aliphatic rings. The third-order valence-electron chi connectivity index (χ3n) is 1.91. The van der Waals surface area contributed by atoms with Crippen LogP contribution in [0.5, 0.6) is 0 Å². The SMILES string of the molecule is C=C(C)C(=O)O.C=C(C)C(=O)O.C=CC(=O)NC(=O)C=C.OCCCCO. The molecule has 0 unspecified atom stereocenters. The Morgan fingerprint density at radius 3 is 1.11 bits per heavy atom. The highest BCUT2D eigenvalue weighted by atomic mass is 16.4. The van der Waals surface area contributed by atoms with Crippen molar-refractivity contribution in [1.29, 1.82) is 0 Å². The highest BCUT2D eigenvalue weighted by Crippen LogP contribution is 1.82. The van der Waals surface area contributed by atoms with Crippen molar-refractivity contribution >= 4 is 23.8 Å². The largest absolute Gasteiger partial charge is 0.478 e. The average Bonchev–Trinajstić information content (AvgIpc) is 2.60. The van der Waals surface area contributed by atoms with Gasteiger partial charge in [0.25, 0.3) is 0 Å². The van der Waals surface area contributed by atoms with Gasteiger partial charge < -0.3 is 20.4 Å². The minimum absolute atomic E-state index is 0.176. The van der Waals surface area contributed by atoms with Crippen LogP contribution in [0, 0.1) is 0 Å². The van der Waals surface area contributed by atoms with Crippen LogP contribution in [-0.4, -0.2) is 57.4 Å². The molecule has 0 aromatic rings. The molecule has 9 heteroatoms. The molecule has 0 rings (SSSR count). The Bertz CT molecular complexity index is 453. The second-order valence-electron chi connectivity index (χ2n) is 4.59. The summed E-state index contributed by atoms with van der Waals surface area (Å²) in [4.78, 5) is 39.8. The lowest BCUT2D eigenvalue weighted by Crippen LogP contribution is -2.26. The van der Waals surface area contributed by atoms with Crippen LogP contribution in [0.1, 0.15) is 26.7 Å². The first-order valence-corrected chi connectivity index (χ1v) is 7.50. The molecule has 0 radical (unpaired) electrons. The molecular formula is C18H29NO8. The van der Waals surface area contributed by atoms with Crippen LogP contribution in [0.3, 0.4) is 0 Å². The Hall–Kier alpha value is -3.04. The number of carbonyl (C=O) groups excluding carboxylic acids is 2. The third-order valence-corrected chi connectivity index (χ3v) is 1.91. The number of imide groups is 1. The van der Waals surface area contributed by atoms with E-state index in [4.69, 9.17) is 20.4 Å². The van der Waals surface area contributed by atoms with Gasteiger partial charge in [-0.25, -0.2) is 9.59 Å². The fourth-order valence-electron chi connectivity index (χ4n) is 0.447. The smallest absolute Gasteiger partial charge is 0.330 e. The number of hydrogen-bond donors (Lipinski definition) is 5. The molecule has 0 bridgehead atoms. The minimum Gasteiger partial charge on any atom is -0.478 e. The van der Waals surface area contributed by atoms with Crippen molar-refractivity contribution in [2.24, 2.45) is 0 Å². The van der Waals surface area contributed by atoms with Crippen molar-refractivity contribution in [2.45, 2.75) is 26.7 Å². The van der Waals surface area contributed by atoms with Gasteiger partial charge in [0.05, 0.1) is 0 Å². The van der Waals surface area contributed by atoms with Crippen molar-refractivity contribution in [2.75, 3.05) is 13.2 Å². The van der Waals surface area contributed by atoms with Gasteiger partial charge >= 0.3 is 11.9 Å². The van der Waals surface area contributed by atoms with E-state index in [-0.39, 0.29) is 24.4 Å². The number of unbranched alkanes of at least 4 members (excludes halogenated alkanes) is 1. The van der Waals surface area contributed by atoms with Gasteiger partial charge in [0.1, 0.15) is 0 Å². The second kappa shape index (κ2) is 23.0. The highest BCUT2D eigenvalue weighted by molar-refractivity contribution is 6.04. The van der Waals surface area contributed by atoms with Crippen molar-refractivity contribution < 1.29 is 39.6 Å². The Kier molecular flexibility index (Phi) is 27.0. The average molecular weight is 387 g/mol. The van der Waals surface area contributed by atoms with Gasteiger partial charge in [-0.05, 0) is 38.8 Å². The molecule has 0 fully saturated rings. The van der Waals surface area contributed by atoms with Gasteiger partial charge in [-0.3, -0.25) is 14.9 Å². The number of hydrogen-bond acceptors (Lipinski definition) is 6. The summed E-state index contributed by atoms with van der Waals surface area (Å²) in [6, 6.07) is 0. The van der Waals surface area contributed by atoms with Gasteiger partial charge in [0.2, 0.25) is 11.8 Å². The number of carboxylic acids is 2. The first-order valence-electron chi connectivity index (χ1n) is 7.50. The maximum atomic E-state index is 10.3. The van der Waals surface area contributed by atoms with Gasteiger partial charge in [-0.1, -0.05) is 26.3 Å². The van der Waals surface area contributed by atoms with Crippen molar-refractivity contribution in [3.8, 4) is 0 Å². The van der Waals surface area contributed by atoms with E-state index in [9.17, 15) is 19.2 Å². The number of aliphatic carboxylic acids is 2. The fraction of sp³-hybridized carbons (Fsp3) is 0.333. The fourth-order valence-corrected chi connectivity index (χ4v) is 0.447. The lowest BCUT2D eigenvalue weighted by atomic mass is 10.3. The molecule has 9 nitrogen and oxygen atoms in total. The van der Waals surface area contributed by atoms with E-state index in [1.807, 2.05) is 5.32 Å². The van der Waals surface area contributed by atoms with Crippen LogP contribution in [0.4, 0.5) is 0 Å². The molecule has 0 saturated heterocycles. The second-order valence-corrected chi connectivity index (χ2v) is 4.59. The molecule has 27 heavy (non-hydrogen) atoms. The van der Waals surface area contributed by atoms with E-state index in [1.54, 1.807) is 0 Å². The van der Waals surface area contributed by atoms with Crippen LogP contribution in [0.15, 0.2) is 49.6 Å². The predicted molar refractivity (Wildman–Crippen MR) is 102 cm³/mol. The molecule has 0 aliphatic carbocycles. The Morgan fingerprint density at radius 1 is 0.778 bits per heavy atom. The van der Waals surface area contributed by atoms with E-state index in [0.29, 0.717) is 0 Å². The predicted octanol–water partition coefficient (Wildman–Crippen LogP) is 1.05. The van der Waals surface area contributed by atoms with Crippen LogP contribution < -0.4 is 5.32 Å². The van der Waals surface area contributed by atoms with E-state index >= 15 is 0 Å². The number of rotatable bonds is 7. The summed E-state index contributed by atoms with van der Waals surface area (Å²) in [5.41, 5.74) is 0.352. The molecule has 154 valence electrons. The van der Waals surface area contributed by atoms with Crippen molar-refractivity contribution in [1.82, 2.24) is 5.32 Å². The lowest BCUT2D eigenvalue weighted by molar-refractivity contribution is -0.133. The summed E-state index contributed by atoms with van der Waals surface area (Å²) in [5.74, 6) is -2.90. The van der Waals surface area contributed by atoms with Crippen molar-refractivity contribution in [3.63, 3.8) is 0 Å². The Labute approximate surface area is 159 Å². The minimum atomic E-state index is -0.935. The topological polar surface area (TPSA) is 161 Å². The Morgan fingerprint density at radius 2 is 1.00 bits per heavy atom. The van der Waals surface area contributed by atoms with Crippen LogP contribution in [0.25, 0.3) is 0 Å². The van der Waals surface area contributed by atoms with Gasteiger partial charge in [0.15, 0.2) is 0 Å². The maximum absolute atomic E-state index is 10.3. The summed E-state index contributed by atoms with van der Waals surface area (Å²) < 4.78 is 0. The van der Waals surface area contributed by atoms with E-state index in [2.05, 4.69) is 26.3 Å². The molecule has 5 N–H and O–H groups in total. The summed E-state index contributed by atoms with van der Waals surface area (Å²) in [5, 5.41) is 33.9. The number of aliphatic hydroxyl groups is 2. The van der Waals surface area contributed by atoms with Crippen LogP contribution in [-0.2, 0) is 19.2 Å². The first kappa shape index (κ1) is 31.7. The monoisotopic (exact) mass is 387 g/mol. The molecule has 0 aromatic carbocycles. The van der Waals surface area contributed by atoms with E-state index < -0.39 is 23.8 Å². The molecule has 0 spiro atoms. The van der Waals surface area contributed by atoms with E-state index in [0.717, 1.165) is 25.0 Å². The zero-order valence-corrected chi connectivity index (χ0v) is 15.7. The molecule has 0 saturated carbocycles. The number of nitrogens with one attached hydrogen (secondary N) is 1. The maximum Gasteiger partial charge on any atom is 0.330 e. The third kappa shape index (κ3) is 39.6. The van der Waals surface area contributed by atoms with Crippen LogP contribution >= 0.6 is 0 Å². The number of carboxylic acid groups (broad SMARTS) is 2. The first-order chi connectivity index (χ1) is 12.4. The number of carbonyl (C=O) groups is 4. The molecule has 2 amide bonds. The molecule has 0 aliphatic heterocycles. The quantitative estimate of drug-likeness (QED) is 0.320. The summed E-state index contributed by atoms with van der Waals surface area (Å²) >= 11 is 0. The highest BCUT2D eigenvalue weighted by Gasteiger charge is 1.96. The lowest BCUT2D eigenvalue weighted by Gasteiger charge is -1.91. The molecule has 0 atom stereocenters. The van der Waals surface area contributed by atoms with E-state index in [1.165, 1.54) is 13.8 Å². The van der Waals surface area contributed by atoms with Gasteiger partial charge in [-0.15, -0.1) is 0 Å². The number of amides is 2. The number of aliphatic hydroxyl groups excluding tert-OH is 2. The summed E-state index contributed by atoms with van der Waals surface area (Å²) in [6.07, 6.45) is 3.47. The van der Waals surface area contributed by atoms with Crippen LogP contribution in [0.2, 0.25) is 0 Å². The zero-order valence-electron chi connectivity index (χ0n) is 15.7. The zero-order chi connectivity index (χ0) is 22.4.